The average Bonchev–Trinajstić information content (AvgIpc) is 2.39. The summed E-state index contributed by atoms with van der Waals surface area (Å²) in [4.78, 5) is 13.9. The number of piperidine rings is 1. The van der Waals surface area contributed by atoms with E-state index in [4.69, 9.17) is 0 Å². The number of carboxylic acid groups (broad SMARTS) is 1. The van der Waals surface area contributed by atoms with Crippen LogP contribution in [-0.4, -0.2) is 35.1 Å². The van der Waals surface area contributed by atoms with Gasteiger partial charge in [0.1, 0.15) is 0 Å². The van der Waals surface area contributed by atoms with Gasteiger partial charge in [0.2, 0.25) is 0 Å². The van der Waals surface area contributed by atoms with Gasteiger partial charge >= 0.3 is 5.97 Å². The van der Waals surface area contributed by atoms with Crippen LogP contribution in [0.15, 0.2) is 0 Å². The Kier molecular flexibility index (Phi) is 5.26. The van der Waals surface area contributed by atoms with Crippen molar-refractivity contribution in [3.63, 3.8) is 0 Å². The van der Waals surface area contributed by atoms with Gasteiger partial charge in [-0.05, 0) is 57.0 Å². The summed E-state index contributed by atoms with van der Waals surface area (Å²) in [5.41, 5.74) is 0. The Morgan fingerprint density at radius 3 is 2.47 bits per heavy atom. The highest BCUT2D eigenvalue weighted by molar-refractivity contribution is 5.71. The molecule has 1 aliphatic heterocycles. The van der Waals surface area contributed by atoms with Crippen LogP contribution in [0.25, 0.3) is 0 Å². The number of carbonyl (C=O) groups is 1. The van der Waals surface area contributed by atoms with Crippen LogP contribution in [0.4, 0.5) is 0 Å². The molecule has 3 nitrogen and oxygen atoms in total. The van der Waals surface area contributed by atoms with Crippen molar-refractivity contribution in [1.82, 2.24) is 4.90 Å². The van der Waals surface area contributed by atoms with Crippen LogP contribution in [0.1, 0.15) is 58.8 Å². The Balaban J connectivity index is 1.93. The van der Waals surface area contributed by atoms with Crippen molar-refractivity contribution in [2.24, 2.45) is 17.8 Å². The van der Waals surface area contributed by atoms with E-state index in [9.17, 15) is 9.90 Å². The molecule has 2 rings (SSSR count). The first kappa shape index (κ1) is 14.8. The van der Waals surface area contributed by atoms with Crippen molar-refractivity contribution in [3.8, 4) is 0 Å². The van der Waals surface area contributed by atoms with E-state index in [1.165, 1.54) is 25.7 Å². The van der Waals surface area contributed by atoms with E-state index < -0.39 is 5.97 Å². The average molecular weight is 267 g/mol. The predicted octanol–water partition coefficient (Wildman–Crippen LogP) is 3.39. The normalized spacial score (nSPS) is 34.3. The zero-order valence-corrected chi connectivity index (χ0v) is 12.5. The molecule has 1 N–H and O–H groups in total. The number of carboxylic acids is 1. The van der Waals surface area contributed by atoms with E-state index in [-0.39, 0.29) is 5.92 Å². The summed E-state index contributed by atoms with van der Waals surface area (Å²) < 4.78 is 0. The molecule has 0 aromatic rings. The monoisotopic (exact) mass is 267 g/mol. The van der Waals surface area contributed by atoms with Crippen LogP contribution in [0, 0.1) is 17.8 Å². The van der Waals surface area contributed by atoms with E-state index >= 15 is 0 Å². The number of rotatable bonds is 4. The van der Waals surface area contributed by atoms with Gasteiger partial charge in [0.15, 0.2) is 0 Å². The second kappa shape index (κ2) is 6.74. The molecule has 19 heavy (non-hydrogen) atoms. The van der Waals surface area contributed by atoms with Gasteiger partial charge in [-0.25, -0.2) is 0 Å². The molecule has 3 atom stereocenters. The third-order valence-electron chi connectivity index (χ3n) is 5.21. The maximum absolute atomic E-state index is 11.5. The molecule has 1 saturated heterocycles. The molecule has 0 amide bonds. The maximum Gasteiger partial charge on any atom is 0.308 e. The summed E-state index contributed by atoms with van der Waals surface area (Å²) in [5, 5.41) is 9.44. The van der Waals surface area contributed by atoms with Gasteiger partial charge < -0.3 is 5.11 Å². The molecule has 0 aromatic heterocycles. The van der Waals surface area contributed by atoms with E-state index in [1.54, 1.807) is 0 Å². The fourth-order valence-corrected chi connectivity index (χ4v) is 4.02. The van der Waals surface area contributed by atoms with Crippen LogP contribution in [0.5, 0.6) is 0 Å². The lowest BCUT2D eigenvalue weighted by molar-refractivity contribution is -0.146. The zero-order chi connectivity index (χ0) is 13.8. The summed E-state index contributed by atoms with van der Waals surface area (Å²) in [6.45, 7) is 6.77. The Morgan fingerprint density at radius 1 is 1.21 bits per heavy atom. The van der Waals surface area contributed by atoms with Crippen molar-refractivity contribution in [3.05, 3.63) is 0 Å². The minimum Gasteiger partial charge on any atom is -0.481 e. The molecule has 1 saturated carbocycles. The second-order valence-corrected chi connectivity index (χ2v) is 6.70. The summed E-state index contributed by atoms with van der Waals surface area (Å²) in [5.74, 6) is 0.867. The third-order valence-corrected chi connectivity index (χ3v) is 5.21. The molecule has 3 unspecified atom stereocenters. The highest BCUT2D eigenvalue weighted by Gasteiger charge is 2.38. The molecule has 1 heterocycles. The lowest BCUT2D eigenvalue weighted by Gasteiger charge is -2.43. The molecule has 110 valence electrons. The quantitative estimate of drug-likeness (QED) is 0.849. The first-order valence-corrected chi connectivity index (χ1v) is 8.08. The molecule has 0 spiro atoms. The van der Waals surface area contributed by atoms with Crippen LogP contribution >= 0.6 is 0 Å². The number of aliphatic carboxylic acids is 1. The Bertz CT molecular complexity index is 297. The summed E-state index contributed by atoms with van der Waals surface area (Å²) in [6.07, 6.45) is 8.20. The zero-order valence-electron chi connectivity index (χ0n) is 12.5. The fraction of sp³-hybridized carbons (Fsp3) is 0.938. The van der Waals surface area contributed by atoms with Gasteiger partial charge in [0, 0.05) is 6.04 Å². The minimum absolute atomic E-state index is 0.126. The SMILES string of the molecule is CCCC1CCN(C2CC(C)CCC2C(=O)O)CC1. The van der Waals surface area contributed by atoms with Gasteiger partial charge in [-0.15, -0.1) is 0 Å². The number of likely N-dealkylation sites (tertiary alicyclic amines) is 1. The number of hydrogen-bond acceptors (Lipinski definition) is 2. The molecule has 2 fully saturated rings. The molecule has 3 heteroatoms. The Morgan fingerprint density at radius 2 is 1.89 bits per heavy atom. The summed E-state index contributed by atoms with van der Waals surface area (Å²) >= 11 is 0. The van der Waals surface area contributed by atoms with Crippen molar-refractivity contribution < 1.29 is 9.90 Å². The van der Waals surface area contributed by atoms with Crippen LogP contribution < -0.4 is 0 Å². The summed E-state index contributed by atoms with van der Waals surface area (Å²) in [6, 6.07) is 0.295. The molecular formula is C16H29NO2. The molecule has 1 aliphatic carbocycles. The van der Waals surface area contributed by atoms with E-state index in [1.807, 2.05) is 0 Å². The molecule has 0 bridgehead atoms. The standard InChI is InChI=1S/C16H29NO2/c1-3-4-13-7-9-17(10-8-13)15-11-12(2)5-6-14(15)16(18)19/h12-15H,3-11H2,1-2H3,(H,18,19). The fourth-order valence-electron chi connectivity index (χ4n) is 4.02. The van der Waals surface area contributed by atoms with Gasteiger partial charge in [-0.2, -0.15) is 0 Å². The number of hydrogen-bond donors (Lipinski definition) is 1. The second-order valence-electron chi connectivity index (χ2n) is 6.70. The number of nitrogens with zero attached hydrogens (tertiary/aromatic N) is 1. The van der Waals surface area contributed by atoms with E-state index in [0.717, 1.165) is 38.3 Å². The van der Waals surface area contributed by atoms with E-state index in [0.29, 0.717) is 12.0 Å². The Hall–Kier alpha value is -0.570. The van der Waals surface area contributed by atoms with Crippen LogP contribution in [0.3, 0.4) is 0 Å². The molecule has 0 aromatic carbocycles. The Labute approximate surface area is 117 Å². The highest BCUT2D eigenvalue weighted by atomic mass is 16.4. The largest absolute Gasteiger partial charge is 0.481 e. The van der Waals surface area contributed by atoms with E-state index in [2.05, 4.69) is 18.7 Å². The van der Waals surface area contributed by atoms with Crippen LogP contribution in [-0.2, 0) is 4.79 Å². The van der Waals surface area contributed by atoms with Gasteiger partial charge in [0.05, 0.1) is 5.92 Å². The molecule has 2 aliphatic rings. The van der Waals surface area contributed by atoms with Gasteiger partial charge in [0.25, 0.3) is 0 Å². The highest BCUT2D eigenvalue weighted by Crippen LogP contribution is 2.35. The first-order valence-electron chi connectivity index (χ1n) is 8.08. The predicted molar refractivity (Wildman–Crippen MR) is 77.1 cm³/mol. The van der Waals surface area contributed by atoms with Crippen molar-refractivity contribution in [1.29, 1.82) is 0 Å². The first-order chi connectivity index (χ1) is 9.11. The topological polar surface area (TPSA) is 40.5 Å². The lowest BCUT2D eigenvalue weighted by Crippen LogP contribution is -2.49. The van der Waals surface area contributed by atoms with Crippen molar-refractivity contribution in [2.75, 3.05) is 13.1 Å². The smallest absolute Gasteiger partial charge is 0.308 e. The van der Waals surface area contributed by atoms with Gasteiger partial charge in [-0.3, -0.25) is 9.69 Å². The van der Waals surface area contributed by atoms with Crippen molar-refractivity contribution in [2.45, 2.75) is 64.8 Å². The summed E-state index contributed by atoms with van der Waals surface area (Å²) in [7, 11) is 0. The maximum atomic E-state index is 11.5. The van der Waals surface area contributed by atoms with Gasteiger partial charge in [-0.1, -0.05) is 26.7 Å². The third kappa shape index (κ3) is 3.71. The minimum atomic E-state index is -0.576. The molecular weight excluding hydrogens is 238 g/mol. The van der Waals surface area contributed by atoms with Crippen molar-refractivity contribution >= 4 is 5.97 Å². The lowest BCUT2D eigenvalue weighted by atomic mass is 9.77. The van der Waals surface area contributed by atoms with Crippen LogP contribution in [0.2, 0.25) is 0 Å². The molecule has 0 radical (unpaired) electrons.